The lowest BCUT2D eigenvalue weighted by atomic mass is 9.92. The summed E-state index contributed by atoms with van der Waals surface area (Å²) >= 11 is 0. The van der Waals surface area contributed by atoms with E-state index in [0.717, 1.165) is 43.6 Å². The van der Waals surface area contributed by atoms with Gasteiger partial charge in [-0.15, -0.1) is 0 Å². The first-order valence-corrected chi connectivity index (χ1v) is 8.32. The first-order chi connectivity index (χ1) is 11.2. The standard InChI is InChI=1S/C18H27N3O3/c1-17(2,3)24-16(23)20(5)18(4,13-22)14-9-8-10-19-15(14)21-11-6-7-12-21/h8-10,13H,6-7,11-12H2,1-5H3. The molecule has 0 aromatic carbocycles. The van der Waals surface area contributed by atoms with Gasteiger partial charge in [0, 0.05) is 31.9 Å². The van der Waals surface area contributed by atoms with Crippen molar-refractivity contribution >= 4 is 18.2 Å². The molecule has 24 heavy (non-hydrogen) atoms. The Bertz CT molecular complexity index is 606. The van der Waals surface area contributed by atoms with E-state index in [1.807, 2.05) is 6.07 Å². The highest BCUT2D eigenvalue weighted by molar-refractivity contribution is 5.80. The number of aldehydes is 1. The Hall–Kier alpha value is -2.11. The first kappa shape index (κ1) is 18.2. The van der Waals surface area contributed by atoms with Crippen LogP contribution in [0.2, 0.25) is 0 Å². The molecule has 0 spiro atoms. The summed E-state index contributed by atoms with van der Waals surface area (Å²) in [6.07, 6.45) is 4.18. The molecule has 2 heterocycles. The minimum absolute atomic E-state index is 0.534. The number of likely N-dealkylation sites (N-methyl/N-ethyl adjacent to an activating group) is 1. The Kier molecular flexibility index (Phi) is 5.16. The van der Waals surface area contributed by atoms with Crippen molar-refractivity contribution in [3.63, 3.8) is 0 Å². The molecule has 1 aromatic rings. The molecule has 2 rings (SSSR count). The monoisotopic (exact) mass is 333 g/mol. The Labute approximate surface area is 143 Å². The van der Waals surface area contributed by atoms with E-state index in [9.17, 15) is 9.59 Å². The van der Waals surface area contributed by atoms with Crippen LogP contribution in [0.3, 0.4) is 0 Å². The molecule has 1 aliphatic rings. The Morgan fingerprint density at radius 3 is 2.46 bits per heavy atom. The van der Waals surface area contributed by atoms with Gasteiger partial charge in [-0.2, -0.15) is 0 Å². The van der Waals surface area contributed by atoms with Crippen molar-refractivity contribution in [3.05, 3.63) is 23.9 Å². The van der Waals surface area contributed by atoms with Crippen LogP contribution in [-0.2, 0) is 15.1 Å². The molecule has 1 amide bonds. The fourth-order valence-electron chi connectivity index (χ4n) is 2.82. The molecule has 1 atom stereocenters. The number of aromatic nitrogens is 1. The molecule has 0 bridgehead atoms. The van der Waals surface area contributed by atoms with Crippen LogP contribution in [-0.4, -0.2) is 48.0 Å². The first-order valence-electron chi connectivity index (χ1n) is 8.32. The molecule has 0 N–H and O–H groups in total. The lowest BCUT2D eigenvalue weighted by Crippen LogP contribution is -2.49. The number of pyridine rings is 1. The van der Waals surface area contributed by atoms with Gasteiger partial charge in [0.1, 0.15) is 23.2 Å². The molecule has 1 aliphatic heterocycles. The summed E-state index contributed by atoms with van der Waals surface area (Å²) in [4.78, 5) is 32.5. The highest BCUT2D eigenvalue weighted by Gasteiger charge is 2.39. The topological polar surface area (TPSA) is 62.7 Å². The third kappa shape index (κ3) is 3.68. The van der Waals surface area contributed by atoms with E-state index in [4.69, 9.17) is 4.74 Å². The summed E-state index contributed by atoms with van der Waals surface area (Å²) in [5.41, 5.74) is -1.05. The van der Waals surface area contributed by atoms with Crippen molar-refractivity contribution in [1.29, 1.82) is 0 Å². The van der Waals surface area contributed by atoms with Crippen LogP contribution in [0.4, 0.5) is 10.6 Å². The number of amides is 1. The van der Waals surface area contributed by atoms with Gasteiger partial charge in [0.15, 0.2) is 0 Å². The lowest BCUT2D eigenvalue weighted by molar-refractivity contribution is -0.117. The SMILES string of the molecule is CN(C(=O)OC(C)(C)C)C(C)(C=O)c1cccnc1N1CCCC1. The van der Waals surface area contributed by atoms with Gasteiger partial charge in [0.2, 0.25) is 0 Å². The van der Waals surface area contributed by atoms with Crippen LogP contribution in [0.1, 0.15) is 46.1 Å². The maximum absolute atomic E-state index is 12.5. The number of nitrogens with zero attached hydrogens (tertiary/aromatic N) is 3. The molecule has 0 radical (unpaired) electrons. The van der Waals surface area contributed by atoms with Crippen molar-refractivity contribution in [2.45, 2.75) is 51.7 Å². The van der Waals surface area contributed by atoms with Gasteiger partial charge in [-0.05, 0) is 46.6 Å². The molecule has 0 saturated carbocycles. The van der Waals surface area contributed by atoms with E-state index in [1.54, 1.807) is 47.0 Å². The number of ether oxygens (including phenoxy) is 1. The molecular weight excluding hydrogens is 306 g/mol. The fourth-order valence-corrected chi connectivity index (χ4v) is 2.82. The smallest absolute Gasteiger partial charge is 0.411 e. The maximum atomic E-state index is 12.5. The normalized spacial score (nSPS) is 17.3. The fraction of sp³-hybridized carbons (Fsp3) is 0.611. The van der Waals surface area contributed by atoms with Crippen LogP contribution in [0.25, 0.3) is 0 Å². The highest BCUT2D eigenvalue weighted by Crippen LogP contribution is 2.34. The molecule has 0 aliphatic carbocycles. The third-order valence-electron chi connectivity index (χ3n) is 4.33. The zero-order chi connectivity index (χ0) is 18.0. The number of hydrogen-bond acceptors (Lipinski definition) is 5. The summed E-state index contributed by atoms with van der Waals surface area (Å²) < 4.78 is 5.43. The Balaban J connectivity index is 2.39. The van der Waals surface area contributed by atoms with Gasteiger partial charge in [-0.25, -0.2) is 9.78 Å². The van der Waals surface area contributed by atoms with Crippen molar-refractivity contribution in [3.8, 4) is 0 Å². The minimum atomic E-state index is -1.14. The second-order valence-corrected chi connectivity index (χ2v) is 7.37. The van der Waals surface area contributed by atoms with Crippen molar-refractivity contribution in [2.24, 2.45) is 0 Å². The van der Waals surface area contributed by atoms with Crippen LogP contribution in [0.5, 0.6) is 0 Å². The average molecular weight is 333 g/mol. The van der Waals surface area contributed by atoms with Gasteiger partial charge in [0.05, 0.1) is 0 Å². The summed E-state index contributed by atoms with van der Waals surface area (Å²) in [7, 11) is 1.59. The Morgan fingerprint density at radius 2 is 1.92 bits per heavy atom. The van der Waals surface area contributed by atoms with E-state index < -0.39 is 17.2 Å². The summed E-state index contributed by atoms with van der Waals surface area (Å²) in [6, 6.07) is 3.65. The second-order valence-electron chi connectivity index (χ2n) is 7.37. The van der Waals surface area contributed by atoms with Crippen LogP contribution < -0.4 is 4.90 Å². The van der Waals surface area contributed by atoms with Crippen LogP contribution in [0, 0.1) is 0 Å². The minimum Gasteiger partial charge on any atom is -0.444 e. The molecular formula is C18H27N3O3. The summed E-state index contributed by atoms with van der Waals surface area (Å²) in [6.45, 7) is 8.95. The second kappa shape index (κ2) is 6.79. The van der Waals surface area contributed by atoms with Gasteiger partial charge >= 0.3 is 6.09 Å². The van der Waals surface area contributed by atoms with Gasteiger partial charge in [0.25, 0.3) is 0 Å². The molecule has 1 unspecified atom stereocenters. The van der Waals surface area contributed by atoms with E-state index >= 15 is 0 Å². The quantitative estimate of drug-likeness (QED) is 0.793. The number of carbonyl (C=O) groups excluding carboxylic acids is 2. The largest absolute Gasteiger partial charge is 0.444 e. The zero-order valence-electron chi connectivity index (χ0n) is 15.2. The predicted molar refractivity (Wildman–Crippen MR) is 93.1 cm³/mol. The molecule has 132 valence electrons. The maximum Gasteiger partial charge on any atom is 0.411 e. The molecule has 1 fully saturated rings. The third-order valence-corrected chi connectivity index (χ3v) is 4.33. The number of carbonyl (C=O) groups is 2. The lowest BCUT2D eigenvalue weighted by Gasteiger charge is -2.37. The molecule has 6 nitrogen and oxygen atoms in total. The Morgan fingerprint density at radius 1 is 1.29 bits per heavy atom. The van der Waals surface area contributed by atoms with E-state index in [0.29, 0.717) is 0 Å². The number of rotatable bonds is 4. The van der Waals surface area contributed by atoms with E-state index in [1.165, 1.54) is 4.90 Å². The predicted octanol–water partition coefficient (Wildman–Crippen LogP) is 2.96. The van der Waals surface area contributed by atoms with Gasteiger partial charge in [-0.1, -0.05) is 6.07 Å². The van der Waals surface area contributed by atoms with Crippen molar-refractivity contribution < 1.29 is 14.3 Å². The van der Waals surface area contributed by atoms with Gasteiger partial charge in [-0.3, -0.25) is 4.90 Å². The molecule has 6 heteroatoms. The van der Waals surface area contributed by atoms with Crippen molar-refractivity contribution in [2.75, 3.05) is 25.0 Å². The number of anilines is 1. The van der Waals surface area contributed by atoms with Crippen LogP contribution >= 0.6 is 0 Å². The van der Waals surface area contributed by atoms with Gasteiger partial charge < -0.3 is 14.4 Å². The van der Waals surface area contributed by atoms with Crippen LogP contribution in [0.15, 0.2) is 18.3 Å². The zero-order valence-corrected chi connectivity index (χ0v) is 15.2. The summed E-state index contributed by atoms with van der Waals surface area (Å²) in [5.74, 6) is 0.764. The molecule has 1 saturated heterocycles. The number of hydrogen-bond donors (Lipinski definition) is 0. The molecule has 1 aromatic heterocycles. The van der Waals surface area contributed by atoms with E-state index in [2.05, 4.69) is 9.88 Å². The van der Waals surface area contributed by atoms with E-state index in [-0.39, 0.29) is 0 Å². The van der Waals surface area contributed by atoms with Crippen molar-refractivity contribution in [1.82, 2.24) is 9.88 Å². The highest BCUT2D eigenvalue weighted by atomic mass is 16.6. The average Bonchev–Trinajstić information content (AvgIpc) is 3.06. The summed E-state index contributed by atoms with van der Waals surface area (Å²) in [5, 5.41) is 0.